The van der Waals surface area contributed by atoms with Crippen molar-refractivity contribution < 1.29 is 35.7 Å². The van der Waals surface area contributed by atoms with Crippen molar-refractivity contribution in [2.24, 2.45) is 5.92 Å². The van der Waals surface area contributed by atoms with Gasteiger partial charge in [0.25, 0.3) is 5.56 Å². The van der Waals surface area contributed by atoms with Gasteiger partial charge in [-0.3, -0.25) is 9.36 Å². The van der Waals surface area contributed by atoms with Gasteiger partial charge in [-0.25, -0.2) is 4.98 Å². The van der Waals surface area contributed by atoms with Crippen LogP contribution in [0.1, 0.15) is 14.3 Å². The van der Waals surface area contributed by atoms with E-state index in [1.54, 1.807) is 23.0 Å². The number of thiol groups is 1. The second-order valence-electron chi connectivity index (χ2n) is 5.05. The minimum atomic E-state index is -0.0950. The summed E-state index contributed by atoms with van der Waals surface area (Å²) in [5.41, 5.74) is 0.517. The van der Waals surface area contributed by atoms with Gasteiger partial charge >= 0.3 is 29.6 Å². The van der Waals surface area contributed by atoms with Crippen molar-refractivity contribution in [1.82, 2.24) is 9.55 Å². The fourth-order valence-corrected chi connectivity index (χ4v) is 2.96. The van der Waals surface area contributed by atoms with Crippen molar-refractivity contribution in [2.75, 3.05) is 13.2 Å². The SMILES string of the molecule is O=c1c2c(Cl)c(S)ccc2ncn1CC1CCOCC1.[H-].[Na+]. The molecule has 1 saturated heterocycles. The first kappa shape index (κ1) is 17.3. The van der Waals surface area contributed by atoms with Crippen LogP contribution in [0.3, 0.4) is 0 Å². The molecule has 1 aliphatic heterocycles. The third kappa shape index (κ3) is 3.66. The van der Waals surface area contributed by atoms with Crippen molar-refractivity contribution in [1.29, 1.82) is 0 Å². The molecular formula is C14H16ClN2NaO2S. The first-order chi connectivity index (χ1) is 9.66. The molecule has 0 bridgehead atoms. The van der Waals surface area contributed by atoms with Crippen LogP contribution in [0.2, 0.25) is 5.02 Å². The van der Waals surface area contributed by atoms with E-state index in [1.165, 1.54) is 0 Å². The Kier molecular flexibility index (Phi) is 6.17. The summed E-state index contributed by atoms with van der Waals surface area (Å²) in [6, 6.07) is 3.52. The number of benzene rings is 1. The van der Waals surface area contributed by atoms with Crippen LogP contribution < -0.4 is 35.1 Å². The Labute approximate surface area is 157 Å². The Bertz CT molecular complexity index is 707. The van der Waals surface area contributed by atoms with Crippen molar-refractivity contribution in [3.63, 3.8) is 0 Å². The van der Waals surface area contributed by atoms with Crippen LogP contribution >= 0.6 is 24.2 Å². The molecule has 1 aromatic heterocycles. The number of hydrogen-bond acceptors (Lipinski definition) is 4. The van der Waals surface area contributed by atoms with Gasteiger partial charge in [-0.15, -0.1) is 12.6 Å². The predicted molar refractivity (Wildman–Crippen MR) is 82.9 cm³/mol. The fraction of sp³-hybridized carbons (Fsp3) is 0.429. The smallest absolute Gasteiger partial charge is 1.00 e. The fourth-order valence-electron chi connectivity index (χ4n) is 2.53. The molecule has 0 aliphatic carbocycles. The largest absolute Gasteiger partial charge is 1.00 e. The van der Waals surface area contributed by atoms with Crippen LogP contribution in [0.4, 0.5) is 0 Å². The number of hydrogen-bond donors (Lipinski definition) is 1. The number of nitrogens with zero attached hydrogens (tertiary/aromatic N) is 2. The topological polar surface area (TPSA) is 44.1 Å². The number of halogens is 1. The van der Waals surface area contributed by atoms with E-state index in [1.807, 2.05) is 0 Å². The van der Waals surface area contributed by atoms with Crippen molar-refractivity contribution >= 4 is 35.1 Å². The van der Waals surface area contributed by atoms with E-state index in [0.29, 0.717) is 33.3 Å². The minimum absolute atomic E-state index is 0. The molecule has 3 rings (SSSR count). The summed E-state index contributed by atoms with van der Waals surface area (Å²) in [5.74, 6) is 0.457. The summed E-state index contributed by atoms with van der Waals surface area (Å²) < 4.78 is 6.99. The molecular weight excluding hydrogens is 319 g/mol. The van der Waals surface area contributed by atoms with Gasteiger partial charge in [0.2, 0.25) is 0 Å². The molecule has 2 aromatic rings. The molecule has 0 radical (unpaired) electrons. The summed E-state index contributed by atoms with van der Waals surface area (Å²) in [6.45, 7) is 2.20. The summed E-state index contributed by atoms with van der Waals surface area (Å²) in [4.78, 5) is 17.5. The Balaban J connectivity index is 0.00000121. The van der Waals surface area contributed by atoms with Crippen LogP contribution in [0.5, 0.6) is 0 Å². The standard InChI is InChI=1S/C14H15ClN2O2S.Na.H/c15-13-11(20)2-1-10-12(13)14(18)17(8-16-10)7-9-3-5-19-6-4-9;;/h1-2,8-9,20H,3-7H2;;/q;+1;-1. The third-order valence-corrected chi connectivity index (χ3v) is 4.60. The van der Waals surface area contributed by atoms with Crippen molar-refractivity contribution in [3.8, 4) is 0 Å². The van der Waals surface area contributed by atoms with E-state index in [2.05, 4.69) is 17.6 Å². The Morgan fingerprint density at radius 3 is 2.86 bits per heavy atom. The summed E-state index contributed by atoms with van der Waals surface area (Å²) >= 11 is 10.5. The third-order valence-electron chi connectivity index (χ3n) is 3.71. The van der Waals surface area contributed by atoms with E-state index in [-0.39, 0.29) is 36.5 Å². The molecule has 0 atom stereocenters. The van der Waals surface area contributed by atoms with Gasteiger partial charge in [-0.2, -0.15) is 0 Å². The first-order valence-electron chi connectivity index (χ1n) is 6.61. The van der Waals surface area contributed by atoms with Crippen molar-refractivity contribution in [2.45, 2.75) is 24.3 Å². The van der Waals surface area contributed by atoms with Gasteiger partial charge in [0.15, 0.2) is 0 Å². The molecule has 0 amide bonds. The molecule has 0 spiro atoms. The van der Waals surface area contributed by atoms with Crippen LogP contribution in [-0.2, 0) is 11.3 Å². The average Bonchev–Trinajstić information content (AvgIpc) is 2.47. The van der Waals surface area contributed by atoms with Gasteiger partial charge < -0.3 is 6.16 Å². The number of rotatable bonds is 2. The maximum absolute atomic E-state index is 12.5. The van der Waals surface area contributed by atoms with Gasteiger partial charge in [-0.1, -0.05) is 11.6 Å². The van der Waals surface area contributed by atoms with E-state index in [9.17, 15) is 4.79 Å². The van der Waals surface area contributed by atoms with Crippen LogP contribution in [-0.4, -0.2) is 22.8 Å². The van der Waals surface area contributed by atoms with Crippen LogP contribution in [0, 0.1) is 5.92 Å². The predicted octanol–water partition coefficient (Wildman–Crippen LogP) is -0.118. The summed E-state index contributed by atoms with van der Waals surface area (Å²) in [7, 11) is 0. The number of ether oxygens (including phenoxy) is 1. The molecule has 108 valence electrons. The van der Waals surface area contributed by atoms with E-state index >= 15 is 0 Å². The molecule has 1 aromatic carbocycles. The molecule has 1 aliphatic rings. The first-order valence-corrected chi connectivity index (χ1v) is 7.43. The Hall–Kier alpha value is -0.0400. The van der Waals surface area contributed by atoms with Crippen molar-refractivity contribution in [3.05, 3.63) is 33.8 Å². The molecule has 7 heteroatoms. The second kappa shape index (κ2) is 7.49. The normalized spacial score (nSPS) is 15.9. The molecule has 1 fully saturated rings. The van der Waals surface area contributed by atoms with Gasteiger partial charge in [0.05, 0.1) is 22.3 Å². The Morgan fingerprint density at radius 1 is 1.43 bits per heavy atom. The summed E-state index contributed by atoms with van der Waals surface area (Å²) in [5, 5.41) is 0.832. The van der Waals surface area contributed by atoms with Gasteiger partial charge in [-0.05, 0) is 30.9 Å². The van der Waals surface area contributed by atoms with E-state index < -0.39 is 0 Å². The molecule has 0 saturated carbocycles. The molecule has 21 heavy (non-hydrogen) atoms. The zero-order valence-electron chi connectivity index (χ0n) is 12.9. The monoisotopic (exact) mass is 334 g/mol. The number of fused-ring (bicyclic) bond motifs is 1. The molecule has 4 nitrogen and oxygen atoms in total. The zero-order chi connectivity index (χ0) is 14.1. The quantitative estimate of drug-likeness (QED) is 0.615. The molecule has 2 heterocycles. The van der Waals surface area contributed by atoms with E-state index in [4.69, 9.17) is 16.3 Å². The second-order valence-corrected chi connectivity index (χ2v) is 5.91. The van der Waals surface area contributed by atoms with Crippen LogP contribution in [0.25, 0.3) is 10.9 Å². The summed E-state index contributed by atoms with van der Waals surface area (Å²) in [6.07, 6.45) is 3.56. The van der Waals surface area contributed by atoms with E-state index in [0.717, 1.165) is 26.1 Å². The molecule has 0 unspecified atom stereocenters. The zero-order valence-corrected chi connectivity index (χ0v) is 15.5. The average molecular weight is 335 g/mol. The maximum atomic E-state index is 12.5. The molecule has 0 N–H and O–H groups in total. The van der Waals surface area contributed by atoms with Gasteiger partial charge in [0, 0.05) is 24.7 Å². The van der Waals surface area contributed by atoms with Crippen LogP contribution in [0.15, 0.2) is 28.2 Å². The van der Waals surface area contributed by atoms with Gasteiger partial charge in [0.1, 0.15) is 0 Å². The Morgan fingerprint density at radius 2 is 2.14 bits per heavy atom. The minimum Gasteiger partial charge on any atom is -1.00 e. The number of aromatic nitrogens is 2. The maximum Gasteiger partial charge on any atom is 1.00 e.